The number of hydrogen-bond donors (Lipinski definition) is 2. The Morgan fingerprint density at radius 3 is 2.74 bits per heavy atom. The van der Waals surface area contributed by atoms with Crippen LogP contribution in [0.1, 0.15) is 45.8 Å². The smallest absolute Gasteiger partial charge is 0.255 e. The minimum absolute atomic E-state index is 0. The predicted octanol–water partition coefficient (Wildman–Crippen LogP) is 4.74. The van der Waals surface area contributed by atoms with Crippen LogP contribution in [0.5, 0.6) is 0 Å². The van der Waals surface area contributed by atoms with Crippen molar-refractivity contribution in [2.75, 3.05) is 25.0 Å². The van der Waals surface area contributed by atoms with Gasteiger partial charge in [-0.15, -0.1) is 23.7 Å². The third-order valence-corrected chi connectivity index (χ3v) is 7.14. The van der Waals surface area contributed by atoms with Crippen LogP contribution in [0.4, 0.5) is 9.52 Å². The molecule has 1 aromatic heterocycles. The van der Waals surface area contributed by atoms with Gasteiger partial charge in [0.25, 0.3) is 5.91 Å². The first-order chi connectivity index (χ1) is 16.0. The number of nitrogens with one attached hydrogen (secondary N) is 2. The van der Waals surface area contributed by atoms with Crippen molar-refractivity contribution in [2.45, 2.75) is 32.2 Å². The first-order valence-corrected chi connectivity index (χ1v) is 12.0. The maximum Gasteiger partial charge on any atom is 0.255 e. The zero-order valence-corrected chi connectivity index (χ0v) is 20.4. The van der Waals surface area contributed by atoms with Gasteiger partial charge in [-0.3, -0.25) is 9.59 Å². The molecule has 178 valence electrons. The van der Waals surface area contributed by atoms with Crippen molar-refractivity contribution < 1.29 is 14.0 Å². The van der Waals surface area contributed by atoms with E-state index in [9.17, 15) is 9.59 Å². The number of aryl methyl sites for hydroxylation is 1. The second kappa shape index (κ2) is 10.2. The molecule has 0 aliphatic carbocycles. The Morgan fingerprint density at radius 2 is 2.03 bits per heavy atom. The van der Waals surface area contributed by atoms with Crippen LogP contribution in [-0.2, 0) is 11.3 Å². The van der Waals surface area contributed by atoms with E-state index in [1.165, 1.54) is 27.9 Å². The fraction of sp³-hybridized carbons (Fsp3) is 0.320. The number of thiazole rings is 1. The number of nitrogens with zero attached hydrogens (tertiary/aromatic N) is 2. The number of anilines is 1. The second-order valence-electron chi connectivity index (χ2n) is 8.63. The minimum atomic E-state index is -0.416. The van der Waals surface area contributed by atoms with Crippen LogP contribution < -0.4 is 10.6 Å². The number of halogens is 2. The van der Waals surface area contributed by atoms with E-state index in [0.717, 1.165) is 37.1 Å². The molecule has 5 rings (SSSR count). The van der Waals surface area contributed by atoms with Crippen molar-refractivity contribution in [1.29, 1.82) is 0 Å². The van der Waals surface area contributed by atoms with Gasteiger partial charge in [-0.25, -0.2) is 9.37 Å². The maximum atomic E-state index is 15.0. The van der Waals surface area contributed by atoms with Gasteiger partial charge in [-0.1, -0.05) is 18.2 Å². The lowest BCUT2D eigenvalue weighted by Crippen LogP contribution is -2.33. The van der Waals surface area contributed by atoms with E-state index in [-0.39, 0.29) is 37.3 Å². The first kappa shape index (κ1) is 24.3. The molecule has 6 nitrogen and oxygen atoms in total. The maximum absolute atomic E-state index is 15.0. The van der Waals surface area contributed by atoms with Crippen LogP contribution in [0.15, 0.2) is 41.9 Å². The van der Waals surface area contributed by atoms with Crippen LogP contribution >= 0.6 is 23.7 Å². The van der Waals surface area contributed by atoms with E-state index in [0.29, 0.717) is 27.7 Å². The van der Waals surface area contributed by atoms with E-state index in [4.69, 9.17) is 0 Å². The molecule has 0 radical (unpaired) electrons. The summed E-state index contributed by atoms with van der Waals surface area (Å²) < 4.78 is 15.0. The van der Waals surface area contributed by atoms with Crippen molar-refractivity contribution in [1.82, 2.24) is 15.2 Å². The van der Waals surface area contributed by atoms with Gasteiger partial charge in [0.15, 0.2) is 5.13 Å². The van der Waals surface area contributed by atoms with Crippen molar-refractivity contribution in [2.24, 2.45) is 0 Å². The molecule has 34 heavy (non-hydrogen) atoms. The second-order valence-corrected chi connectivity index (χ2v) is 9.52. The normalized spacial score (nSPS) is 15.7. The molecule has 0 saturated carbocycles. The largest absolute Gasteiger partial charge is 0.325 e. The number of fused-ring (bicyclic) bond motifs is 1. The van der Waals surface area contributed by atoms with Crippen LogP contribution in [0.3, 0.4) is 0 Å². The SMILES string of the molecule is Cc1cc(C2CCNCC2)ccc1-c1cc(F)c2c(c1)C(=O)N(CC(=O)Nc1nccs1)C2.Cl. The van der Waals surface area contributed by atoms with E-state index >= 15 is 4.39 Å². The summed E-state index contributed by atoms with van der Waals surface area (Å²) in [5, 5.41) is 8.28. The van der Waals surface area contributed by atoms with Crippen LogP contribution in [0, 0.1) is 12.7 Å². The third-order valence-electron chi connectivity index (χ3n) is 6.45. The zero-order valence-electron chi connectivity index (χ0n) is 18.8. The number of rotatable bonds is 5. The summed E-state index contributed by atoms with van der Waals surface area (Å²) >= 11 is 1.30. The highest BCUT2D eigenvalue weighted by atomic mass is 35.5. The number of carbonyl (C=O) groups excluding carboxylic acids is 2. The Kier molecular flexibility index (Phi) is 7.30. The van der Waals surface area contributed by atoms with Crippen molar-refractivity contribution in [3.63, 3.8) is 0 Å². The lowest BCUT2D eigenvalue weighted by molar-refractivity contribution is -0.116. The number of benzene rings is 2. The molecule has 2 N–H and O–H groups in total. The first-order valence-electron chi connectivity index (χ1n) is 11.1. The highest BCUT2D eigenvalue weighted by molar-refractivity contribution is 7.13. The number of aromatic nitrogens is 1. The van der Waals surface area contributed by atoms with E-state index in [2.05, 4.69) is 27.8 Å². The Balaban J connectivity index is 0.00000274. The molecule has 3 aromatic rings. The molecule has 2 aromatic carbocycles. The highest BCUT2D eigenvalue weighted by Gasteiger charge is 2.32. The van der Waals surface area contributed by atoms with Gasteiger partial charge < -0.3 is 15.5 Å². The fourth-order valence-corrected chi connectivity index (χ4v) is 5.29. The van der Waals surface area contributed by atoms with Gasteiger partial charge >= 0.3 is 0 Å². The quantitative estimate of drug-likeness (QED) is 0.530. The monoisotopic (exact) mass is 500 g/mol. The molecule has 2 aliphatic heterocycles. The van der Waals surface area contributed by atoms with Gasteiger partial charge in [0, 0.05) is 22.7 Å². The van der Waals surface area contributed by atoms with Gasteiger partial charge in [0.05, 0.1) is 6.54 Å². The van der Waals surface area contributed by atoms with Gasteiger partial charge in [-0.2, -0.15) is 0 Å². The summed E-state index contributed by atoms with van der Waals surface area (Å²) in [4.78, 5) is 30.7. The molecule has 0 atom stereocenters. The van der Waals surface area contributed by atoms with Gasteiger partial charge in [0.2, 0.25) is 5.91 Å². The van der Waals surface area contributed by atoms with Crippen molar-refractivity contribution in [3.8, 4) is 11.1 Å². The molecule has 9 heteroatoms. The molecule has 0 bridgehead atoms. The summed E-state index contributed by atoms with van der Waals surface area (Å²) in [5.74, 6) is -0.554. The molecule has 2 aliphatic rings. The highest BCUT2D eigenvalue weighted by Crippen LogP contribution is 2.34. The molecular formula is C25H26ClFN4O2S. The Morgan fingerprint density at radius 1 is 1.24 bits per heavy atom. The molecule has 1 saturated heterocycles. The van der Waals surface area contributed by atoms with Gasteiger partial charge in [0.1, 0.15) is 12.4 Å². The Bertz CT molecular complexity index is 1210. The molecule has 0 spiro atoms. The molecule has 2 amide bonds. The molecule has 3 heterocycles. The van der Waals surface area contributed by atoms with E-state index in [1.54, 1.807) is 17.6 Å². The van der Waals surface area contributed by atoms with Gasteiger partial charge in [-0.05, 0) is 73.2 Å². The van der Waals surface area contributed by atoms with Crippen molar-refractivity contribution >= 4 is 40.7 Å². The number of piperidine rings is 1. The van der Waals surface area contributed by atoms with Crippen LogP contribution in [0.25, 0.3) is 11.1 Å². The summed E-state index contributed by atoms with van der Waals surface area (Å²) in [6, 6.07) is 9.60. The van der Waals surface area contributed by atoms with E-state index < -0.39 is 5.82 Å². The standard InChI is InChI=1S/C25H25FN4O2S.ClH/c1-15-10-17(16-4-6-27-7-5-16)2-3-19(15)18-11-20-21(22(26)12-18)13-30(24(20)32)14-23(31)29-25-28-8-9-33-25;/h2-3,8-12,16,27H,4-7,13-14H2,1H3,(H,28,29,31);1H. The third kappa shape index (κ3) is 4.85. The number of carbonyl (C=O) groups is 2. The molecular weight excluding hydrogens is 475 g/mol. The average Bonchev–Trinajstić information content (AvgIpc) is 3.43. The summed E-state index contributed by atoms with van der Waals surface area (Å²) in [6.45, 7) is 4.02. The average molecular weight is 501 g/mol. The lowest BCUT2D eigenvalue weighted by atomic mass is 9.87. The zero-order chi connectivity index (χ0) is 22.9. The van der Waals surface area contributed by atoms with Crippen LogP contribution in [0.2, 0.25) is 0 Å². The number of hydrogen-bond acceptors (Lipinski definition) is 5. The topological polar surface area (TPSA) is 74.3 Å². The summed E-state index contributed by atoms with van der Waals surface area (Å²) in [7, 11) is 0. The van der Waals surface area contributed by atoms with E-state index in [1.807, 2.05) is 13.0 Å². The van der Waals surface area contributed by atoms with Crippen molar-refractivity contribution in [3.05, 3.63) is 70.0 Å². The predicted molar refractivity (Wildman–Crippen MR) is 134 cm³/mol. The Labute approximate surface area is 208 Å². The molecule has 1 fully saturated rings. The fourth-order valence-electron chi connectivity index (χ4n) is 4.74. The molecule has 0 unspecified atom stereocenters. The number of amides is 2. The summed E-state index contributed by atoms with van der Waals surface area (Å²) in [5.41, 5.74) is 4.65. The lowest BCUT2D eigenvalue weighted by Gasteiger charge is -2.23. The minimum Gasteiger partial charge on any atom is -0.325 e. The summed E-state index contributed by atoms with van der Waals surface area (Å²) in [6.07, 6.45) is 3.83. The Hall–Kier alpha value is -2.81. The van der Waals surface area contributed by atoms with Crippen LogP contribution in [-0.4, -0.2) is 41.3 Å².